The van der Waals surface area contributed by atoms with Gasteiger partial charge in [0.05, 0.1) is 44.2 Å². The summed E-state index contributed by atoms with van der Waals surface area (Å²) in [5.74, 6) is 13.8. The zero-order valence-corrected chi connectivity index (χ0v) is 34.2. The second-order valence-electron chi connectivity index (χ2n) is 15.9. The molecule has 5 heterocycles. The number of amides is 4. The van der Waals surface area contributed by atoms with E-state index in [1.807, 2.05) is 58.0 Å². The molecule has 0 saturated carbocycles. The number of nitrogens with zero attached hydrogens (tertiary/aromatic N) is 5. The Morgan fingerprint density at radius 3 is 1.71 bits per heavy atom. The van der Waals surface area contributed by atoms with Crippen LogP contribution < -0.4 is 10.6 Å². The lowest BCUT2D eigenvalue weighted by Crippen LogP contribution is -2.51. The minimum absolute atomic E-state index is 0.129. The lowest BCUT2D eigenvalue weighted by atomic mass is 10.0. The van der Waals surface area contributed by atoms with E-state index in [0.29, 0.717) is 41.8 Å². The van der Waals surface area contributed by atoms with Crippen LogP contribution in [0.1, 0.15) is 101 Å². The van der Waals surface area contributed by atoms with E-state index >= 15 is 0 Å². The molecule has 6 atom stereocenters. The van der Waals surface area contributed by atoms with Crippen molar-refractivity contribution in [3.8, 4) is 23.7 Å². The van der Waals surface area contributed by atoms with E-state index in [2.05, 4.69) is 68.1 Å². The molecule has 2 aliphatic heterocycles. The van der Waals surface area contributed by atoms with Crippen LogP contribution in [-0.4, -0.2) is 98.1 Å². The van der Waals surface area contributed by atoms with Crippen molar-refractivity contribution in [1.82, 2.24) is 45.4 Å². The lowest BCUT2D eigenvalue weighted by molar-refractivity contribution is -0.136. The number of imidazole rings is 2. The predicted molar refractivity (Wildman–Crippen MR) is 216 cm³/mol. The van der Waals surface area contributed by atoms with Crippen LogP contribution in [-0.2, 0) is 19.1 Å². The molecular formula is C43H51N9O6. The van der Waals surface area contributed by atoms with Crippen molar-refractivity contribution in [3.05, 3.63) is 77.0 Å². The quantitative estimate of drug-likeness (QED) is 0.177. The summed E-state index contributed by atoms with van der Waals surface area (Å²) in [5.41, 5.74) is 3.37. The minimum Gasteiger partial charge on any atom is -0.453 e. The van der Waals surface area contributed by atoms with Gasteiger partial charge < -0.3 is 39.9 Å². The van der Waals surface area contributed by atoms with Crippen molar-refractivity contribution in [1.29, 1.82) is 0 Å². The van der Waals surface area contributed by atoms with E-state index in [9.17, 15) is 19.2 Å². The second-order valence-corrected chi connectivity index (χ2v) is 15.9. The van der Waals surface area contributed by atoms with E-state index in [0.717, 1.165) is 29.3 Å². The number of carbonyl (C=O) groups excluding carboxylic acids is 4. The summed E-state index contributed by atoms with van der Waals surface area (Å²) in [6.07, 6.45) is 3.52. The van der Waals surface area contributed by atoms with Crippen molar-refractivity contribution in [3.63, 3.8) is 0 Å². The molecule has 15 nitrogen and oxygen atoms in total. The fourth-order valence-electron chi connectivity index (χ4n) is 7.54. The third-order valence-corrected chi connectivity index (χ3v) is 10.5. The van der Waals surface area contributed by atoms with Crippen LogP contribution in [0.2, 0.25) is 0 Å². The van der Waals surface area contributed by atoms with Crippen LogP contribution in [0.4, 0.5) is 9.59 Å². The Labute approximate surface area is 338 Å². The number of likely N-dealkylation sites (tertiary alicyclic amines) is 2. The normalized spacial score (nSPS) is 19.9. The van der Waals surface area contributed by atoms with Gasteiger partial charge in [0.25, 0.3) is 0 Å². The van der Waals surface area contributed by atoms with Crippen molar-refractivity contribution in [2.24, 2.45) is 23.7 Å². The maximum atomic E-state index is 13.6. The number of hydrogen-bond donors (Lipinski definition) is 4. The smallest absolute Gasteiger partial charge is 0.407 e. The number of carbonyl (C=O) groups is 4. The standard InChI is InChI=1S/C43H51N9O6/c1-24(2)36(49-42(55)57-7)40(53)51-22-26(5)17-34(51)38-44-20-31(47-38)12-9-28-10-16-33-29(19-28)11-13-30(46-33)14-15-32-21-45-39(48-32)35-18-27(6)23-52(35)41(54)37(25(3)4)50-43(56)58-8/h10-11,13,16,19-21,24-27,34-37H,17-18,22-23H2,1-8H3,(H,44,47)(H,45,48)(H,49,55)(H,50,56)/t26-,27-,34-,35-,36-,37-/m0/s1. The third kappa shape index (κ3) is 9.43. The number of H-pyrrole nitrogens is 2. The highest BCUT2D eigenvalue weighted by molar-refractivity contribution is 5.87. The molecule has 304 valence electrons. The number of nitrogens with one attached hydrogen (secondary N) is 4. The second kappa shape index (κ2) is 17.8. The van der Waals surface area contributed by atoms with Crippen molar-refractivity contribution < 1.29 is 28.7 Å². The SMILES string of the molecule is COC(=O)N[C@H](C(=O)N1C[C@@H](C)C[C@H]1c1ncc(C#Cc2ccc3nc(C#Cc4cnc([C@@H]5C[C@H](C)CN5C(=O)[C@@H](NC(=O)OC)C(C)C)[nH]4)ccc3c2)[nH]1)C(C)C. The Kier molecular flexibility index (Phi) is 12.7. The first kappa shape index (κ1) is 41.3. The topological polar surface area (TPSA) is 188 Å². The summed E-state index contributed by atoms with van der Waals surface area (Å²) in [6.45, 7) is 12.8. The average Bonchev–Trinajstić information content (AvgIpc) is 4.03. The number of pyridine rings is 1. The summed E-state index contributed by atoms with van der Waals surface area (Å²) >= 11 is 0. The van der Waals surface area contributed by atoms with Gasteiger partial charge in [0, 0.05) is 24.0 Å². The number of methoxy groups -OCH3 is 2. The summed E-state index contributed by atoms with van der Waals surface area (Å²) in [5, 5.41) is 6.27. The number of aromatic amines is 2. The average molecular weight is 790 g/mol. The van der Waals surface area contributed by atoms with Gasteiger partial charge in [-0.15, -0.1) is 0 Å². The highest BCUT2D eigenvalue weighted by Crippen LogP contribution is 2.36. The van der Waals surface area contributed by atoms with Crippen molar-refractivity contribution in [2.45, 2.75) is 78.6 Å². The largest absolute Gasteiger partial charge is 0.453 e. The Balaban J connectivity index is 1.12. The highest BCUT2D eigenvalue weighted by atomic mass is 16.5. The molecule has 2 saturated heterocycles. The van der Waals surface area contributed by atoms with E-state index in [1.165, 1.54) is 14.2 Å². The first-order valence-electron chi connectivity index (χ1n) is 19.6. The lowest BCUT2D eigenvalue weighted by Gasteiger charge is -2.30. The molecule has 0 aliphatic carbocycles. The predicted octanol–water partition coefficient (Wildman–Crippen LogP) is 5.06. The molecule has 1 aromatic carbocycles. The van der Waals surface area contributed by atoms with Gasteiger partial charge in [-0.2, -0.15) is 0 Å². The Hall–Kier alpha value is -6.35. The minimum atomic E-state index is -0.721. The van der Waals surface area contributed by atoms with Crippen LogP contribution in [0.3, 0.4) is 0 Å². The number of fused-ring (bicyclic) bond motifs is 1. The van der Waals surface area contributed by atoms with Gasteiger partial charge in [0.2, 0.25) is 11.8 Å². The molecule has 0 bridgehead atoms. The van der Waals surface area contributed by atoms with E-state index in [1.54, 1.807) is 22.2 Å². The van der Waals surface area contributed by atoms with Crippen LogP contribution >= 0.6 is 0 Å². The fourth-order valence-corrected chi connectivity index (χ4v) is 7.54. The molecule has 58 heavy (non-hydrogen) atoms. The first-order valence-corrected chi connectivity index (χ1v) is 19.6. The number of alkyl carbamates (subject to hydrolysis) is 2. The third-order valence-electron chi connectivity index (χ3n) is 10.5. The van der Waals surface area contributed by atoms with Gasteiger partial charge in [-0.1, -0.05) is 47.5 Å². The van der Waals surface area contributed by atoms with Crippen LogP contribution in [0, 0.1) is 47.4 Å². The first-order chi connectivity index (χ1) is 27.7. The van der Waals surface area contributed by atoms with Gasteiger partial charge >= 0.3 is 12.2 Å². The monoisotopic (exact) mass is 789 g/mol. The molecule has 0 radical (unpaired) electrons. The van der Waals surface area contributed by atoms with E-state index < -0.39 is 24.3 Å². The molecule has 15 heteroatoms. The summed E-state index contributed by atoms with van der Waals surface area (Å²) in [4.78, 5) is 75.2. The Morgan fingerprint density at radius 2 is 1.22 bits per heavy atom. The van der Waals surface area contributed by atoms with Crippen LogP contribution in [0.15, 0.2) is 42.7 Å². The molecule has 2 aliphatic rings. The van der Waals surface area contributed by atoms with E-state index in [4.69, 9.17) is 14.5 Å². The number of benzene rings is 1. The molecule has 4 amide bonds. The summed E-state index contributed by atoms with van der Waals surface area (Å²) in [6, 6.07) is 7.59. The van der Waals surface area contributed by atoms with Crippen molar-refractivity contribution >= 4 is 34.9 Å². The van der Waals surface area contributed by atoms with Crippen molar-refractivity contribution in [2.75, 3.05) is 27.3 Å². The maximum Gasteiger partial charge on any atom is 0.407 e. The molecule has 6 rings (SSSR count). The molecule has 0 unspecified atom stereocenters. The maximum absolute atomic E-state index is 13.6. The van der Waals surface area contributed by atoms with Gasteiger partial charge in [-0.3, -0.25) is 9.59 Å². The molecule has 2 fully saturated rings. The van der Waals surface area contributed by atoms with Crippen LogP contribution in [0.25, 0.3) is 10.9 Å². The fraction of sp³-hybridized carbons (Fsp3) is 0.465. The van der Waals surface area contributed by atoms with Gasteiger partial charge in [-0.25, -0.2) is 24.5 Å². The molecule has 0 spiro atoms. The Bertz CT molecular complexity index is 2130. The molecule has 3 aromatic heterocycles. The molecule has 4 aromatic rings. The van der Waals surface area contributed by atoms with Crippen LogP contribution in [0.5, 0.6) is 0 Å². The number of rotatable bonds is 8. The number of aromatic nitrogens is 5. The van der Waals surface area contributed by atoms with Gasteiger partial charge in [0.15, 0.2) is 0 Å². The zero-order valence-electron chi connectivity index (χ0n) is 34.2. The molecular weight excluding hydrogens is 739 g/mol. The summed E-state index contributed by atoms with van der Waals surface area (Å²) < 4.78 is 9.51. The van der Waals surface area contributed by atoms with E-state index in [-0.39, 0.29) is 47.6 Å². The number of ether oxygens (including phenoxy) is 2. The highest BCUT2D eigenvalue weighted by Gasteiger charge is 2.41. The molecule has 4 N–H and O–H groups in total. The number of hydrogen-bond acceptors (Lipinski definition) is 9. The Morgan fingerprint density at radius 1 is 0.724 bits per heavy atom. The zero-order chi connectivity index (χ0) is 41.7. The van der Waals surface area contributed by atoms with Gasteiger partial charge in [0.1, 0.15) is 40.8 Å². The van der Waals surface area contributed by atoms with Gasteiger partial charge in [-0.05, 0) is 84.6 Å². The summed E-state index contributed by atoms with van der Waals surface area (Å²) in [7, 11) is 2.56.